The molecule has 0 spiro atoms. The molecular weight excluding hydrogens is 227 g/mol. The van der Waals surface area contributed by atoms with E-state index >= 15 is 0 Å². The zero-order valence-corrected chi connectivity index (χ0v) is 8.66. The SMILES string of the molecule is N#Cc1ccc(C(O)C(O)CN=[N+]=[N-])cc1F. The third-order valence-corrected chi connectivity index (χ3v) is 2.15. The van der Waals surface area contributed by atoms with Crippen molar-refractivity contribution in [2.75, 3.05) is 6.54 Å². The highest BCUT2D eigenvalue weighted by Crippen LogP contribution is 2.19. The summed E-state index contributed by atoms with van der Waals surface area (Å²) < 4.78 is 13.2. The Morgan fingerprint density at radius 1 is 1.53 bits per heavy atom. The van der Waals surface area contributed by atoms with Crippen LogP contribution in [-0.4, -0.2) is 22.9 Å². The number of benzene rings is 1. The largest absolute Gasteiger partial charge is 0.390 e. The standard InChI is InChI=1S/C10H9FN4O2/c11-8-3-6(1-2-7(8)4-12)10(17)9(16)5-14-15-13/h1-3,9-10,16-17H,5H2. The van der Waals surface area contributed by atoms with E-state index in [0.717, 1.165) is 6.07 Å². The van der Waals surface area contributed by atoms with Gasteiger partial charge in [0.15, 0.2) is 0 Å². The molecule has 0 heterocycles. The molecule has 0 saturated heterocycles. The number of azide groups is 1. The Morgan fingerprint density at radius 2 is 2.24 bits per heavy atom. The molecule has 2 atom stereocenters. The van der Waals surface area contributed by atoms with E-state index in [1.807, 2.05) is 0 Å². The lowest BCUT2D eigenvalue weighted by molar-refractivity contribution is 0.0242. The molecular formula is C10H9FN4O2. The normalized spacial score (nSPS) is 13.3. The highest BCUT2D eigenvalue weighted by Gasteiger charge is 2.18. The maximum absolute atomic E-state index is 13.2. The molecule has 0 aliphatic carbocycles. The number of rotatable bonds is 4. The minimum absolute atomic E-state index is 0.113. The molecule has 0 aliphatic heterocycles. The van der Waals surface area contributed by atoms with Crippen LogP contribution in [0.5, 0.6) is 0 Å². The first kappa shape index (κ1) is 12.9. The molecule has 1 aromatic carbocycles. The molecule has 0 saturated carbocycles. The maximum Gasteiger partial charge on any atom is 0.141 e. The van der Waals surface area contributed by atoms with Gasteiger partial charge in [-0.2, -0.15) is 5.26 Å². The highest BCUT2D eigenvalue weighted by atomic mass is 19.1. The predicted molar refractivity (Wildman–Crippen MR) is 56.1 cm³/mol. The van der Waals surface area contributed by atoms with Crippen LogP contribution in [0.2, 0.25) is 0 Å². The number of hydrogen-bond donors (Lipinski definition) is 2. The minimum atomic E-state index is -1.37. The summed E-state index contributed by atoms with van der Waals surface area (Å²) >= 11 is 0. The van der Waals surface area contributed by atoms with Gasteiger partial charge in [-0.15, -0.1) is 0 Å². The molecule has 7 heteroatoms. The second-order valence-corrected chi connectivity index (χ2v) is 3.28. The van der Waals surface area contributed by atoms with Crippen LogP contribution in [0.15, 0.2) is 23.3 Å². The zero-order chi connectivity index (χ0) is 12.8. The Bertz CT molecular complexity index is 494. The van der Waals surface area contributed by atoms with Gasteiger partial charge in [-0.3, -0.25) is 0 Å². The average molecular weight is 236 g/mol. The molecule has 2 unspecified atom stereocenters. The van der Waals surface area contributed by atoms with E-state index < -0.39 is 18.0 Å². The first-order chi connectivity index (χ1) is 8.10. The molecule has 0 bridgehead atoms. The van der Waals surface area contributed by atoms with Crippen LogP contribution in [0.1, 0.15) is 17.2 Å². The number of nitriles is 1. The predicted octanol–water partition coefficient (Wildman–Crippen LogP) is 1.40. The van der Waals surface area contributed by atoms with Gasteiger partial charge in [-0.1, -0.05) is 11.2 Å². The Hall–Kier alpha value is -2.13. The van der Waals surface area contributed by atoms with Crippen molar-refractivity contribution in [3.05, 3.63) is 45.6 Å². The molecule has 0 fully saturated rings. The average Bonchev–Trinajstić information content (AvgIpc) is 2.34. The molecule has 1 aromatic rings. The lowest BCUT2D eigenvalue weighted by Crippen LogP contribution is -2.21. The Labute approximate surface area is 96.2 Å². The summed E-state index contributed by atoms with van der Waals surface area (Å²) in [4.78, 5) is 2.43. The molecule has 0 aliphatic rings. The number of hydrogen-bond acceptors (Lipinski definition) is 4. The Kier molecular flexibility index (Phi) is 4.43. The molecule has 88 valence electrons. The Morgan fingerprint density at radius 3 is 2.76 bits per heavy atom. The third kappa shape index (κ3) is 3.16. The fourth-order valence-corrected chi connectivity index (χ4v) is 1.25. The van der Waals surface area contributed by atoms with Crippen molar-refractivity contribution in [1.82, 2.24) is 0 Å². The van der Waals surface area contributed by atoms with Crippen molar-refractivity contribution in [3.63, 3.8) is 0 Å². The van der Waals surface area contributed by atoms with Crippen LogP contribution >= 0.6 is 0 Å². The summed E-state index contributed by atoms with van der Waals surface area (Å²) in [7, 11) is 0. The fourth-order valence-electron chi connectivity index (χ4n) is 1.25. The molecule has 0 radical (unpaired) electrons. The quantitative estimate of drug-likeness (QED) is 0.467. The summed E-state index contributed by atoms with van der Waals surface area (Å²) in [5.74, 6) is -0.778. The fraction of sp³-hybridized carbons (Fsp3) is 0.300. The van der Waals surface area contributed by atoms with E-state index in [2.05, 4.69) is 10.0 Å². The van der Waals surface area contributed by atoms with Crippen LogP contribution in [0, 0.1) is 17.1 Å². The van der Waals surface area contributed by atoms with Gasteiger partial charge in [0, 0.05) is 4.91 Å². The van der Waals surface area contributed by atoms with E-state index in [1.54, 1.807) is 6.07 Å². The third-order valence-electron chi connectivity index (χ3n) is 2.15. The molecule has 17 heavy (non-hydrogen) atoms. The summed E-state index contributed by atoms with van der Waals surface area (Å²) in [5, 5.41) is 30.7. The second kappa shape index (κ2) is 5.82. The Balaban J connectivity index is 2.89. The topological polar surface area (TPSA) is 113 Å². The molecule has 2 N–H and O–H groups in total. The summed E-state index contributed by atoms with van der Waals surface area (Å²) in [6.07, 6.45) is -2.69. The summed E-state index contributed by atoms with van der Waals surface area (Å²) in [6.45, 7) is -0.320. The molecule has 6 nitrogen and oxygen atoms in total. The van der Waals surface area contributed by atoms with Gasteiger partial charge in [-0.05, 0) is 23.2 Å². The number of aliphatic hydroxyl groups is 2. The van der Waals surface area contributed by atoms with Crippen molar-refractivity contribution in [2.45, 2.75) is 12.2 Å². The lowest BCUT2D eigenvalue weighted by Gasteiger charge is -2.16. The lowest BCUT2D eigenvalue weighted by atomic mass is 10.0. The van der Waals surface area contributed by atoms with Gasteiger partial charge < -0.3 is 10.2 Å². The van der Waals surface area contributed by atoms with Crippen LogP contribution in [-0.2, 0) is 0 Å². The van der Waals surface area contributed by atoms with Crippen LogP contribution in [0.25, 0.3) is 10.4 Å². The second-order valence-electron chi connectivity index (χ2n) is 3.28. The van der Waals surface area contributed by atoms with Crippen molar-refractivity contribution in [1.29, 1.82) is 5.26 Å². The van der Waals surface area contributed by atoms with Crippen molar-refractivity contribution < 1.29 is 14.6 Å². The minimum Gasteiger partial charge on any atom is -0.390 e. The van der Waals surface area contributed by atoms with Gasteiger partial charge in [0.25, 0.3) is 0 Å². The van der Waals surface area contributed by atoms with Gasteiger partial charge in [-0.25, -0.2) is 4.39 Å². The first-order valence-electron chi connectivity index (χ1n) is 4.66. The number of halogens is 1. The van der Waals surface area contributed by atoms with E-state index in [1.165, 1.54) is 12.1 Å². The first-order valence-corrected chi connectivity index (χ1v) is 4.66. The van der Waals surface area contributed by atoms with Gasteiger partial charge in [0.1, 0.15) is 18.0 Å². The molecule has 0 aromatic heterocycles. The zero-order valence-electron chi connectivity index (χ0n) is 8.66. The van der Waals surface area contributed by atoms with E-state index in [0.29, 0.717) is 0 Å². The van der Waals surface area contributed by atoms with Crippen molar-refractivity contribution >= 4 is 0 Å². The molecule has 1 rings (SSSR count). The van der Waals surface area contributed by atoms with Gasteiger partial charge in [0.2, 0.25) is 0 Å². The number of aliphatic hydroxyl groups excluding tert-OH is 2. The van der Waals surface area contributed by atoms with Gasteiger partial charge in [0.05, 0.1) is 18.2 Å². The van der Waals surface area contributed by atoms with Gasteiger partial charge >= 0.3 is 0 Å². The van der Waals surface area contributed by atoms with E-state index in [-0.39, 0.29) is 17.7 Å². The van der Waals surface area contributed by atoms with Crippen LogP contribution in [0.3, 0.4) is 0 Å². The van der Waals surface area contributed by atoms with Crippen LogP contribution < -0.4 is 0 Å². The number of nitrogens with zero attached hydrogens (tertiary/aromatic N) is 4. The van der Waals surface area contributed by atoms with Crippen molar-refractivity contribution in [2.24, 2.45) is 5.11 Å². The van der Waals surface area contributed by atoms with E-state index in [4.69, 9.17) is 10.8 Å². The summed E-state index contributed by atoms with van der Waals surface area (Å²) in [6, 6.07) is 5.13. The van der Waals surface area contributed by atoms with Crippen LogP contribution in [0.4, 0.5) is 4.39 Å². The molecule has 0 amide bonds. The maximum atomic E-state index is 13.2. The van der Waals surface area contributed by atoms with Crippen molar-refractivity contribution in [3.8, 4) is 6.07 Å². The smallest absolute Gasteiger partial charge is 0.141 e. The monoisotopic (exact) mass is 236 g/mol. The highest BCUT2D eigenvalue weighted by molar-refractivity contribution is 5.34. The summed E-state index contributed by atoms with van der Waals surface area (Å²) in [5.41, 5.74) is 8.01. The van der Waals surface area contributed by atoms with E-state index in [9.17, 15) is 14.6 Å².